The quantitative estimate of drug-likeness (QED) is 0.345. The van der Waals surface area contributed by atoms with Crippen molar-refractivity contribution >= 4 is 18.2 Å². The van der Waals surface area contributed by atoms with Crippen molar-refractivity contribution < 1.29 is 13.6 Å². The zero-order valence-electron chi connectivity index (χ0n) is 22.4. The Morgan fingerprint density at radius 3 is 1.12 bits per heavy atom. The highest BCUT2D eigenvalue weighted by Crippen LogP contribution is 2.63. The first-order valence-corrected chi connectivity index (χ1v) is 14.1. The largest absolute Gasteiger partial charge is 0.530 e. The highest BCUT2D eigenvalue weighted by atomic mass is 35.7. The third kappa shape index (κ3) is 5.30. The third-order valence-corrected chi connectivity index (χ3v) is 7.43. The van der Waals surface area contributed by atoms with Crippen molar-refractivity contribution in [2.75, 3.05) is 0 Å². The van der Waals surface area contributed by atoms with Gasteiger partial charge in [0.25, 0.3) is 0 Å². The van der Waals surface area contributed by atoms with Crippen molar-refractivity contribution in [3.05, 3.63) is 46.5 Å². The van der Waals surface area contributed by atoms with Gasteiger partial charge in [-0.25, -0.2) is 4.57 Å². The molecule has 3 nitrogen and oxygen atoms in total. The van der Waals surface area contributed by atoms with Crippen LogP contribution in [0.2, 0.25) is 0 Å². The molecule has 0 N–H and O–H groups in total. The molecule has 2 aromatic rings. The number of halogens is 1. The topological polar surface area (TPSA) is 35.5 Å². The SMILES string of the molecule is CC(C)(C)c1cc2c(c(C(C)(C)C)c1)OP(=O)(Cl)Oc1c-2cc(C(C)(C)C)cc1C(C)(C)C. The van der Waals surface area contributed by atoms with Gasteiger partial charge in [0, 0.05) is 33.5 Å². The fraction of sp³-hybridized carbons (Fsp3) is 0.571. The zero-order valence-corrected chi connectivity index (χ0v) is 24.0. The first-order valence-electron chi connectivity index (χ1n) is 11.7. The van der Waals surface area contributed by atoms with Gasteiger partial charge in [0.05, 0.1) is 0 Å². The fourth-order valence-electron chi connectivity index (χ4n) is 4.07. The predicted octanol–water partition coefficient (Wildman–Crippen LogP) is 9.66. The lowest BCUT2D eigenvalue weighted by atomic mass is 9.75. The monoisotopic (exact) mass is 490 g/mol. The van der Waals surface area contributed by atoms with Crippen LogP contribution in [0.15, 0.2) is 24.3 Å². The van der Waals surface area contributed by atoms with Crippen LogP contribution in [-0.4, -0.2) is 0 Å². The molecular weight excluding hydrogens is 451 g/mol. The van der Waals surface area contributed by atoms with Crippen LogP contribution < -0.4 is 9.05 Å². The van der Waals surface area contributed by atoms with E-state index in [0.717, 1.165) is 22.3 Å². The number of rotatable bonds is 0. The molecule has 0 aliphatic carbocycles. The van der Waals surface area contributed by atoms with E-state index < -0.39 is 6.95 Å². The van der Waals surface area contributed by atoms with Gasteiger partial charge in [0.15, 0.2) is 0 Å². The number of benzene rings is 2. The average molecular weight is 491 g/mol. The molecule has 0 unspecified atom stereocenters. The summed E-state index contributed by atoms with van der Waals surface area (Å²) >= 11 is 6.45. The van der Waals surface area contributed by atoms with Crippen LogP contribution in [0.3, 0.4) is 0 Å². The lowest BCUT2D eigenvalue weighted by molar-refractivity contribution is 0.400. The lowest BCUT2D eigenvalue weighted by Crippen LogP contribution is -2.18. The molecule has 0 amide bonds. The van der Waals surface area contributed by atoms with Gasteiger partial charge in [-0.2, -0.15) is 0 Å². The zero-order chi connectivity index (χ0) is 25.4. The number of hydrogen-bond acceptors (Lipinski definition) is 3. The molecule has 0 spiro atoms. The van der Waals surface area contributed by atoms with Gasteiger partial charge in [0.1, 0.15) is 11.5 Å². The average Bonchev–Trinajstić information content (AvgIpc) is 2.68. The molecule has 182 valence electrons. The van der Waals surface area contributed by atoms with Crippen LogP contribution in [0.1, 0.15) is 105 Å². The minimum atomic E-state index is -3.93. The molecule has 2 aromatic carbocycles. The molecule has 1 aliphatic rings. The Morgan fingerprint density at radius 1 is 0.576 bits per heavy atom. The second-order valence-electron chi connectivity index (χ2n) is 13.4. The van der Waals surface area contributed by atoms with Gasteiger partial charge in [-0.05, 0) is 44.9 Å². The molecule has 1 aliphatic heterocycles. The molecule has 0 saturated heterocycles. The summed E-state index contributed by atoms with van der Waals surface area (Å²) in [6.07, 6.45) is 0. The predicted molar refractivity (Wildman–Crippen MR) is 141 cm³/mol. The summed E-state index contributed by atoms with van der Waals surface area (Å²) in [4.78, 5) is 0. The van der Waals surface area contributed by atoms with E-state index >= 15 is 0 Å². The van der Waals surface area contributed by atoms with Gasteiger partial charge < -0.3 is 9.05 Å². The fourth-order valence-corrected chi connectivity index (χ4v) is 5.35. The van der Waals surface area contributed by atoms with Crippen LogP contribution in [0, 0.1) is 0 Å². The highest BCUT2D eigenvalue weighted by Gasteiger charge is 2.39. The minimum Gasteiger partial charge on any atom is -0.404 e. The van der Waals surface area contributed by atoms with Crippen LogP contribution in [0.25, 0.3) is 11.1 Å². The van der Waals surface area contributed by atoms with E-state index in [0.29, 0.717) is 11.5 Å². The van der Waals surface area contributed by atoms with Gasteiger partial charge >= 0.3 is 6.95 Å². The Kier molecular flexibility index (Phi) is 6.18. The first kappa shape index (κ1) is 26.2. The smallest absolute Gasteiger partial charge is 0.404 e. The number of fused-ring (bicyclic) bond motifs is 3. The van der Waals surface area contributed by atoms with Crippen molar-refractivity contribution in [3.8, 4) is 22.6 Å². The molecule has 0 aromatic heterocycles. The van der Waals surface area contributed by atoms with Gasteiger partial charge in [-0.3, -0.25) is 0 Å². The second kappa shape index (κ2) is 7.79. The Balaban J connectivity index is 2.59. The maximum absolute atomic E-state index is 13.4. The van der Waals surface area contributed by atoms with E-state index in [-0.39, 0.29) is 21.7 Å². The lowest BCUT2D eigenvalue weighted by Gasteiger charge is -2.30. The summed E-state index contributed by atoms with van der Waals surface area (Å²) in [6, 6.07) is 8.65. The molecule has 33 heavy (non-hydrogen) atoms. The second-order valence-corrected chi connectivity index (χ2v) is 15.9. The van der Waals surface area contributed by atoms with E-state index in [9.17, 15) is 4.57 Å². The van der Waals surface area contributed by atoms with Crippen LogP contribution >= 0.6 is 18.2 Å². The molecule has 0 saturated carbocycles. The summed E-state index contributed by atoms with van der Waals surface area (Å²) in [5, 5.41) is 0. The Labute approximate surface area is 205 Å². The Hall–Kier alpha value is -1.44. The standard InChI is InChI=1S/C28H40ClO3P/c1-25(2,3)17-13-19-20-14-18(26(4,5)6)16-22(28(10,11)12)24(20)32-33(29,30)31-23(19)21(15-17)27(7,8)9/h13-16H,1-12H3. The molecule has 3 rings (SSSR count). The molecule has 1 heterocycles. The highest BCUT2D eigenvalue weighted by molar-refractivity contribution is 7.82. The van der Waals surface area contributed by atoms with Crippen LogP contribution in [0.5, 0.6) is 11.5 Å². The van der Waals surface area contributed by atoms with E-state index in [1.807, 2.05) is 0 Å². The summed E-state index contributed by atoms with van der Waals surface area (Å²) in [5.41, 5.74) is 5.43. The maximum atomic E-state index is 13.4. The molecule has 0 fully saturated rings. The normalized spacial score (nSPS) is 16.3. The van der Waals surface area contributed by atoms with Crippen LogP contribution in [0.4, 0.5) is 0 Å². The Morgan fingerprint density at radius 2 is 0.879 bits per heavy atom. The summed E-state index contributed by atoms with van der Waals surface area (Å²) < 4.78 is 25.5. The molecule has 0 radical (unpaired) electrons. The summed E-state index contributed by atoms with van der Waals surface area (Å²) in [6.45, 7) is 22.1. The summed E-state index contributed by atoms with van der Waals surface area (Å²) in [5.74, 6) is 1.11. The van der Waals surface area contributed by atoms with Crippen molar-refractivity contribution in [3.63, 3.8) is 0 Å². The van der Waals surface area contributed by atoms with E-state index in [1.165, 1.54) is 11.1 Å². The van der Waals surface area contributed by atoms with E-state index in [1.54, 1.807) is 0 Å². The summed E-state index contributed by atoms with van der Waals surface area (Å²) in [7, 11) is 0. The van der Waals surface area contributed by atoms with Crippen molar-refractivity contribution in [1.29, 1.82) is 0 Å². The molecular formula is C28H40ClO3P. The van der Waals surface area contributed by atoms with Crippen molar-refractivity contribution in [2.24, 2.45) is 0 Å². The maximum Gasteiger partial charge on any atom is 0.530 e. The van der Waals surface area contributed by atoms with Crippen LogP contribution in [-0.2, 0) is 26.2 Å². The molecule has 0 bridgehead atoms. The third-order valence-electron chi connectivity index (χ3n) is 6.22. The van der Waals surface area contributed by atoms with Gasteiger partial charge in [-0.15, -0.1) is 0 Å². The minimum absolute atomic E-state index is 0.0818. The van der Waals surface area contributed by atoms with E-state index in [4.69, 9.17) is 20.3 Å². The van der Waals surface area contributed by atoms with E-state index in [2.05, 4.69) is 107 Å². The van der Waals surface area contributed by atoms with Crippen molar-refractivity contribution in [2.45, 2.75) is 105 Å². The van der Waals surface area contributed by atoms with Gasteiger partial charge in [-0.1, -0.05) is 95.2 Å². The molecule has 5 heteroatoms. The van der Waals surface area contributed by atoms with Crippen molar-refractivity contribution in [1.82, 2.24) is 0 Å². The Bertz CT molecular complexity index is 1050. The molecule has 0 atom stereocenters. The van der Waals surface area contributed by atoms with Gasteiger partial charge in [0.2, 0.25) is 0 Å². The number of hydrogen-bond donors (Lipinski definition) is 0. The first-order chi connectivity index (χ1) is 14.6.